The summed E-state index contributed by atoms with van der Waals surface area (Å²) in [6, 6.07) is 8.34. The Morgan fingerprint density at radius 3 is 2.44 bits per heavy atom. The number of nitrogens with zero attached hydrogens (tertiary/aromatic N) is 3. The highest BCUT2D eigenvalue weighted by molar-refractivity contribution is 6.12. The van der Waals surface area contributed by atoms with Gasteiger partial charge in [-0.15, -0.1) is 0 Å². The van der Waals surface area contributed by atoms with E-state index in [0.717, 1.165) is 12.1 Å². The van der Waals surface area contributed by atoms with Crippen molar-refractivity contribution in [3.05, 3.63) is 58.1 Å². The van der Waals surface area contributed by atoms with Gasteiger partial charge in [-0.05, 0) is 18.2 Å². The molecule has 0 radical (unpaired) electrons. The molecule has 0 spiro atoms. The van der Waals surface area contributed by atoms with E-state index in [2.05, 4.69) is 30.7 Å². The molecule has 4 aromatic rings. The van der Waals surface area contributed by atoms with E-state index in [4.69, 9.17) is 0 Å². The lowest BCUT2D eigenvalue weighted by Crippen LogP contribution is -2.19. The van der Waals surface area contributed by atoms with Crippen LogP contribution in [0.2, 0.25) is 0 Å². The number of benzene rings is 1. The number of hydrogen-bond acceptors (Lipinski definition) is 5. The van der Waals surface area contributed by atoms with Gasteiger partial charge >= 0.3 is 6.18 Å². The molecule has 0 bridgehead atoms. The molecule has 3 heterocycles. The van der Waals surface area contributed by atoms with Crippen molar-refractivity contribution in [2.24, 2.45) is 0 Å². The maximum atomic E-state index is 12.7. The Kier molecular flexibility index (Phi) is 3.65. The molecule has 4 rings (SSSR count). The molecule has 27 heavy (non-hydrogen) atoms. The van der Waals surface area contributed by atoms with Crippen molar-refractivity contribution in [2.45, 2.75) is 6.18 Å². The van der Waals surface area contributed by atoms with Gasteiger partial charge in [0, 0.05) is 5.39 Å². The quantitative estimate of drug-likeness (QED) is 0.498. The number of alkyl halides is 3. The second kappa shape index (κ2) is 5.90. The van der Waals surface area contributed by atoms with Gasteiger partial charge < -0.3 is 5.32 Å². The molecule has 136 valence electrons. The van der Waals surface area contributed by atoms with Crippen molar-refractivity contribution >= 4 is 33.5 Å². The summed E-state index contributed by atoms with van der Waals surface area (Å²) in [5.41, 5.74) is -1.71. The number of H-pyrrole nitrogens is 2. The molecule has 0 atom stereocenters. The fourth-order valence-corrected chi connectivity index (χ4v) is 2.61. The van der Waals surface area contributed by atoms with Crippen LogP contribution < -0.4 is 10.9 Å². The Bertz CT molecular complexity index is 1240. The van der Waals surface area contributed by atoms with E-state index < -0.39 is 23.3 Å². The number of anilines is 1. The minimum Gasteiger partial charge on any atom is -0.303 e. The van der Waals surface area contributed by atoms with Gasteiger partial charge in [0.2, 0.25) is 0 Å². The summed E-state index contributed by atoms with van der Waals surface area (Å²) in [5, 5.41) is 15.4. The van der Waals surface area contributed by atoms with Crippen LogP contribution in [0.4, 0.5) is 19.0 Å². The first-order valence-corrected chi connectivity index (χ1v) is 7.55. The van der Waals surface area contributed by atoms with E-state index >= 15 is 0 Å². The maximum absolute atomic E-state index is 12.7. The number of aromatic amines is 2. The molecule has 8 nitrogen and oxygen atoms in total. The number of hydrogen-bond donors (Lipinski definition) is 3. The molecule has 3 N–H and O–H groups in total. The molecular formula is C16H9F3N6O2. The third kappa shape index (κ3) is 2.88. The SMILES string of the molecule is O=C(Nc1n[nH]c2nc(C(F)(F)F)ccc12)c1n[nH]c(=O)c2ccccc12. The number of carbonyl (C=O) groups is 1. The van der Waals surface area contributed by atoms with Crippen LogP contribution in [-0.2, 0) is 6.18 Å². The van der Waals surface area contributed by atoms with Crippen LogP contribution in [0, 0.1) is 0 Å². The Labute approximate surface area is 147 Å². The number of nitrogens with one attached hydrogen (secondary N) is 3. The predicted octanol–water partition coefficient (Wildman–Crippen LogP) is 2.47. The van der Waals surface area contributed by atoms with E-state index in [1.54, 1.807) is 24.3 Å². The lowest BCUT2D eigenvalue weighted by atomic mass is 10.1. The summed E-state index contributed by atoms with van der Waals surface area (Å²) in [7, 11) is 0. The minimum atomic E-state index is -4.60. The van der Waals surface area contributed by atoms with Crippen molar-refractivity contribution in [2.75, 3.05) is 5.32 Å². The lowest BCUT2D eigenvalue weighted by molar-refractivity contribution is -0.141. The van der Waals surface area contributed by atoms with E-state index in [1.165, 1.54) is 0 Å². The highest BCUT2D eigenvalue weighted by Gasteiger charge is 2.33. The Morgan fingerprint density at radius 2 is 1.70 bits per heavy atom. The number of amides is 1. The molecule has 0 fully saturated rings. The zero-order valence-electron chi connectivity index (χ0n) is 13.3. The molecule has 0 aliphatic carbocycles. The van der Waals surface area contributed by atoms with Gasteiger partial charge in [0.25, 0.3) is 11.5 Å². The second-order valence-corrected chi connectivity index (χ2v) is 5.56. The van der Waals surface area contributed by atoms with Crippen molar-refractivity contribution < 1.29 is 18.0 Å². The van der Waals surface area contributed by atoms with Crippen molar-refractivity contribution in [1.82, 2.24) is 25.4 Å². The molecule has 0 aliphatic rings. The Hall–Kier alpha value is -3.76. The number of rotatable bonds is 2. The number of aromatic nitrogens is 5. The van der Waals surface area contributed by atoms with Crippen molar-refractivity contribution in [3.8, 4) is 0 Å². The van der Waals surface area contributed by atoms with E-state index in [0.29, 0.717) is 5.39 Å². The van der Waals surface area contributed by atoms with Gasteiger partial charge in [0.05, 0.1) is 10.8 Å². The average molecular weight is 374 g/mol. The number of fused-ring (bicyclic) bond motifs is 2. The molecule has 1 aromatic carbocycles. The van der Waals surface area contributed by atoms with Crippen molar-refractivity contribution in [3.63, 3.8) is 0 Å². The standard InChI is InChI=1S/C16H9F3N6O2/c17-16(18,19)10-6-5-9-12(20-10)23-24-13(9)21-15(27)11-7-3-1-2-4-8(7)14(26)25-22-11/h1-6H,(H,25,26)(H2,20,21,23,24,27). The van der Waals surface area contributed by atoms with Gasteiger partial charge in [-0.1, -0.05) is 18.2 Å². The first-order chi connectivity index (χ1) is 12.8. The molecule has 0 aliphatic heterocycles. The van der Waals surface area contributed by atoms with Crippen LogP contribution in [-0.4, -0.2) is 31.3 Å². The topological polar surface area (TPSA) is 116 Å². The van der Waals surface area contributed by atoms with Crippen LogP contribution in [0.25, 0.3) is 21.8 Å². The van der Waals surface area contributed by atoms with Crippen LogP contribution in [0.3, 0.4) is 0 Å². The van der Waals surface area contributed by atoms with Gasteiger partial charge in [0.15, 0.2) is 17.2 Å². The highest BCUT2D eigenvalue weighted by atomic mass is 19.4. The largest absolute Gasteiger partial charge is 0.433 e. The lowest BCUT2D eigenvalue weighted by Gasteiger charge is -2.06. The zero-order valence-corrected chi connectivity index (χ0v) is 13.3. The van der Waals surface area contributed by atoms with E-state index in [-0.39, 0.29) is 27.9 Å². The maximum Gasteiger partial charge on any atom is 0.433 e. The van der Waals surface area contributed by atoms with Crippen LogP contribution in [0.15, 0.2) is 41.2 Å². The summed E-state index contributed by atoms with van der Waals surface area (Å²) < 4.78 is 38.2. The molecule has 3 aromatic heterocycles. The molecule has 0 saturated carbocycles. The fourth-order valence-electron chi connectivity index (χ4n) is 2.61. The minimum absolute atomic E-state index is 0.00620. The van der Waals surface area contributed by atoms with Crippen molar-refractivity contribution in [1.29, 1.82) is 0 Å². The van der Waals surface area contributed by atoms with E-state index in [9.17, 15) is 22.8 Å². The smallest absolute Gasteiger partial charge is 0.303 e. The first-order valence-electron chi connectivity index (χ1n) is 7.55. The molecule has 11 heteroatoms. The number of pyridine rings is 1. The molecule has 0 saturated heterocycles. The number of halogens is 3. The summed E-state index contributed by atoms with van der Waals surface area (Å²) >= 11 is 0. The monoisotopic (exact) mass is 374 g/mol. The highest BCUT2D eigenvalue weighted by Crippen LogP contribution is 2.30. The average Bonchev–Trinajstić information content (AvgIpc) is 3.03. The van der Waals surface area contributed by atoms with Gasteiger partial charge in [-0.25, -0.2) is 10.1 Å². The van der Waals surface area contributed by atoms with Gasteiger partial charge in [-0.3, -0.25) is 14.7 Å². The first kappa shape index (κ1) is 16.7. The van der Waals surface area contributed by atoms with Crippen LogP contribution >= 0.6 is 0 Å². The third-order valence-electron chi connectivity index (χ3n) is 3.86. The summed E-state index contributed by atoms with van der Waals surface area (Å²) in [6.45, 7) is 0. The molecule has 1 amide bonds. The number of carbonyl (C=O) groups excluding carboxylic acids is 1. The van der Waals surface area contributed by atoms with Crippen LogP contribution in [0.5, 0.6) is 0 Å². The molecular weight excluding hydrogens is 365 g/mol. The van der Waals surface area contributed by atoms with Crippen LogP contribution in [0.1, 0.15) is 16.2 Å². The van der Waals surface area contributed by atoms with Gasteiger partial charge in [0.1, 0.15) is 5.69 Å². The van der Waals surface area contributed by atoms with Gasteiger partial charge in [-0.2, -0.15) is 23.4 Å². The zero-order chi connectivity index (χ0) is 19.2. The summed E-state index contributed by atoms with van der Waals surface area (Å²) in [5.74, 6) is -0.691. The normalized spacial score (nSPS) is 11.8. The third-order valence-corrected chi connectivity index (χ3v) is 3.86. The fraction of sp³-hybridized carbons (Fsp3) is 0.0625. The summed E-state index contributed by atoms with van der Waals surface area (Å²) in [4.78, 5) is 27.8. The second-order valence-electron chi connectivity index (χ2n) is 5.56. The summed E-state index contributed by atoms with van der Waals surface area (Å²) in [6.07, 6.45) is -4.60. The van der Waals surface area contributed by atoms with E-state index in [1.807, 2.05) is 0 Å². The Balaban J connectivity index is 1.72. The Morgan fingerprint density at radius 1 is 0.963 bits per heavy atom. The predicted molar refractivity (Wildman–Crippen MR) is 89.2 cm³/mol. The molecule has 0 unspecified atom stereocenters.